The molecule has 0 unspecified atom stereocenters. The number of aromatic hydroxyl groups is 2. The van der Waals surface area contributed by atoms with Crippen LogP contribution in [0.5, 0.6) is 11.5 Å². The molecular formula is C12H11NO2. The van der Waals surface area contributed by atoms with Gasteiger partial charge in [-0.2, -0.15) is 0 Å². The lowest BCUT2D eigenvalue weighted by atomic mass is 10.0. The molecule has 0 amide bonds. The fourth-order valence-corrected chi connectivity index (χ4v) is 1.48. The van der Waals surface area contributed by atoms with E-state index < -0.39 is 0 Å². The van der Waals surface area contributed by atoms with Crippen LogP contribution in [-0.4, -0.2) is 10.2 Å². The normalized spacial score (nSPS) is 10.1. The topological polar surface area (TPSA) is 66.5 Å². The number of benzene rings is 2. The molecule has 0 aliphatic heterocycles. The van der Waals surface area contributed by atoms with Crippen molar-refractivity contribution in [2.24, 2.45) is 0 Å². The fraction of sp³-hybridized carbons (Fsp3) is 0. The summed E-state index contributed by atoms with van der Waals surface area (Å²) in [5, 5.41) is 19.0. The Balaban J connectivity index is 2.64. The minimum atomic E-state index is 0.103. The van der Waals surface area contributed by atoms with Crippen molar-refractivity contribution in [1.82, 2.24) is 0 Å². The minimum Gasteiger partial charge on any atom is -0.508 e. The van der Waals surface area contributed by atoms with Crippen LogP contribution in [0.4, 0.5) is 5.69 Å². The van der Waals surface area contributed by atoms with Gasteiger partial charge >= 0.3 is 0 Å². The standard InChI is InChI=1S/C12H11NO2/c13-11-4-2-1-3-9(11)10-7-8(14)5-6-12(10)15/h1-7,14-15H,13H2. The monoisotopic (exact) mass is 201 g/mol. The molecule has 0 aliphatic carbocycles. The molecule has 76 valence electrons. The van der Waals surface area contributed by atoms with Gasteiger partial charge in [0, 0.05) is 16.8 Å². The minimum absolute atomic E-state index is 0.103. The largest absolute Gasteiger partial charge is 0.508 e. The Hall–Kier alpha value is -2.16. The van der Waals surface area contributed by atoms with Gasteiger partial charge in [-0.05, 0) is 24.3 Å². The first-order chi connectivity index (χ1) is 7.18. The van der Waals surface area contributed by atoms with E-state index in [0.717, 1.165) is 0 Å². The van der Waals surface area contributed by atoms with Crippen molar-refractivity contribution in [3.05, 3.63) is 42.5 Å². The molecule has 0 fully saturated rings. The van der Waals surface area contributed by atoms with Gasteiger partial charge in [0.2, 0.25) is 0 Å². The molecule has 0 heterocycles. The first-order valence-corrected chi connectivity index (χ1v) is 4.55. The highest BCUT2D eigenvalue weighted by Crippen LogP contribution is 2.35. The van der Waals surface area contributed by atoms with E-state index in [1.54, 1.807) is 12.1 Å². The van der Waals surface area contributed by atoms with Gasteiger partial charge in [-0.15, -0.1) is 0 Å². The number of phenols is 2. The summed E-state index contributed by atoms with van der Waals surface area (Å²) in [6.45, 7) is 0. The fourth-order valence-electron chi connectivity index (χ4n) is 1.48. The number of anilines is 1. The first kappa shape index (κ1) is 9.40. The molecule has 0 saturated heterocycles. The van der Waals surface area contributed by atoms with Crippen molar-refractivity contribution < 1.29 is 10.2 Å². The molecular weight excluding hydrogens is 190 g/mol. The van der Waals surface area contributed by atoms with E-state index in [0.29, 0.717) is 16.8 Å². The Morgan fingerprint density at radius 3 is 2.33 bits per heavy atom. The van der Waals surface area contributed by atoms with E-state index in [9.17, 15) is 10.2 Å². The lowest BCUT2D eigenvalue weighted by Gasteiger charge is -2.07. The predicted molar refractivity (Wildman–Crippen MR) is 59.6 cm³/mol. The Kier molecular flexibility index (Phi) is 2.21. The number of phenolic OH excluding ortho intramolecular Hbond substituents is 2. The Labute approximate surface area is 87.4 Å². The average molecular weight is 201 g/mol. The summed E-state index contributed by atoms with van der Waals surface area (Å²) in [7, 11) is 0. The van der Waals surface area contributed by atoms with Crippen molar-refractivity contribution in [2.45, 2.75) is 0 Å². The van der Waals surface area contributed by atoms with Crippen LogP contribution in [0, 0.1) is 0 Å². The van der Waals surface area contributed by atoms with Crippen LogP contribution < -0.4 is 5.73 Å². The second kappa shape index (κ2) is 3.53. The van der Waals surface area contributed by atoms with Crippen molar-refractivity contribution in [3.8, 4) is 22.6 Å². The van der Waals surface area contributed by atoms with E-state index in [4.69, 9.17) is 5.73 Å². The molecule has 15 heavy (non-hydrogen) atoms. The predicted octanol–water partition coefficient (Wildman–Crippen LogP) is 2.35. The number of rotatable bonds is 1. The van der Waals surface area contributed by atoms with E-state index in [1.807, 2.05) is 12.1 Å². The lowest BCUT2D eigenvalue weighted by Crippen LogP contribution is -1.89. The molecule has 2 aromatic carbocycles. The van der Waals surface area contributed by atoms with Crippen LogP contribution in [0.3, 0.4) is 0 Å². The number of nitrogen functional groups attached to an aromatic ring is 1. The first-order valence-electron chi connectivity index (χ1n) is 4.55. The summed E-state index contributed by atoms with van der Waals surface area (Å²) in [5.74, 6) is 0.205. The summed E-state index contributed by atoms with van der Waals surface area (Å²) in [6.07, 6.45) is 0. The van der Waals surface area contributed by atoms with Crippen LogP contribution in [-0.2, 0) is 0 Å². The van der Waals surface area contributed by atoms with Crippen LogP contribution in [0.15, 0.2) is 42.5 Å². The summed E-state index contributed by atoms with van der Waals surface area (Å²) < 4.78 is 0. The number of hydrogen-bond donors (Lipinski definition) is 3. The Morgan fingerprint density at radius 1 is 0.867 bits per heavy atom. The van der Waals surface area contributed by atoms with Gasteiger partial charge in [0.05, 0.1) is 0 Å². The zero-order valence-corrected chi connectivity index (χ0v) is 8.01. The lowest BCUT2D eigenvalue weighted by molar-refractivity contribution is 0.462. The van der Waals surface area contributed by atoms with Crippen LogP contribution >= 0.6 is 0 Å². The van der Waals surface area contributed by atoms with Gasteiger partial charge in [-0.1, -0.05) is 18.2 Å². The molecule has 3 heteroatoms. The SMILES string of the molecule is Nc1ccccc1-c1cc(O)ccc1O. The second-order valence-electron chi connectivity index (χ2n) is 3.29. The van der Waals surface area contributed by atoms with Gasteiger partial charge < -0.3 is 15.9 Å². The highest BCUT2D eigenvalue weighted by molar-refractivity contribution is 5.80. The molecule has 3 nitrogen and oxygen atoms in total. The van der Waals surface area contributed by atoms with E-state index in [2.05, 4.69) is 0 Å². The zero-order valence-electron chi connectivity index (χ0n) is 8.01. The number of hydrogen-bond acceptors (Lipinski definition) is 3. The molecule has 0 aliphatic rings. The summed E-state index contributed by atoms with van der Waals surface area (Å²) in [5.41, 5.74) is 7.60. The van der Waals surface area contributed by atoms with Crippen molar-refractivity contribution in [1.29, 1.82) is 0 Å². The smallest absolute Gasteiger partial charge is 0.123 e. The van der Waals surface area contributed by atoms with E-state index in [1.165, 1.54) is 18.2 Å². The molecule has 0 bridgehead atoms. The molecule has 2 rings (SSSR count). The third kappa shape index (κ3) is 1.72. The highest BCUT2D eigenvalue weighted by Gasteiger charge is 2.07. The summed E-state index contributed by atoms with van der Waals surface area (Å²) in [4.78, 5) is 0. The van der Waals surface area contributed by atoms with Crippen LogP contribution in [0.25, 0.3) is 11.1 Å². The molecule has 0 radical (unpaired) electrons. The van der Waals surface area contributed by atoms with Gasteiger partial charge in [0.1, 0.15) is 11.5 Å². The molecule has 0 aromatic heterocycles. The van der Waals surface area contributed by atoms with Crippen molar-refractivity contribution >= 4 is 5.69 Å². The summed E-state index contributed by atoms with van der Waals surface area (Å²) in [6, 6.07) is 11.5. The molecule has 0 spiro atoms. The maximum atomic E-state index is 9.65. The van der Waals surface area contributed by atoms with E-state index >= 15 is 0 Å². The molecule has 0 atom stereocenters. The summed E-state index contributed by atoms with van der Waals surface area (Å²) >= 11 is 0. The third-order valence-corrected chi connectivity index (χ3v) is 2.23. The van der Waals surface area contributed by atoms with Gasteiger partial charge in [-0.3, -0.25) is 0 Å². The number of para-hydroxylation sites is 1. The third-order valence-electron chi connectivity index (χ3n) is 2.23. The Morgan fingerprint density at radius 2 is 1.60 bits per heavy atom. The highest BCUT2D eigenvalue weighted by atomic mass is 16.3. The zero-order chi connectivity index (χ0) is 10.8. The average Bonchev–Trinajstić information content (AvgIpc) is 2.23. The van der Waals surface area contributed by atoms with E-state index in [-0.39, 0.29) is 11.5 Å². The molecule has 2 aromatic rings. The van der Waals surface area contributed by atoms with Crippen molar-refractivity contribution in [3.63, 3.8) is 0 Å². The Bertz CT molecular complexity index is 495. The van der Waals surface area contributed by atoms with Gasteiger partial charge in [0.25, 0.3) is 0 Å². The molecule has 4 N–H and O–H groups in total. The van der Waals surface area contributed by atoms with Crippen molar-refractivity contribution in [2.75, 3.05) is 5.73 Å². The second-order valence-corrected chi connectivity index (χ2v) is 3.29. The maximum absolute atomic E-state index is 9.65. The van der Waals surface area contributed by atoms with Crippen LogP contribution in [0.1, 0.15) is 0 Å². The van der Waals surface area contributed by atoms with Crippen LogP contribution in [0.2, 0.25) is 0 Å². The van der Waals surface area contributed by atoms with Gasteiger partial charge in [-0.25, -0.2) is 0 Å². The quantitative estimate of drug-likeness (QED) is 0.490. The van der Waals surface area contributed by atoms with Gasteiger partial charge in [0.15, 0.2) is 0 Å². The molecule has 0 saturated carbocycles. The number of nitrogens with two attached hydrogens (primary N) is 1. The maximum Gasteiger partial charge on any atom is 0.123 e.